The Kier molecular flexibility index (Phi) is 3.57. The Morgan fingerprint density at radius 2 is 1.89 bits per heavy atom. The zero-order chi connectivity index (χ0) is 14.4. The quantitative estimate of drug-likeness (QED) is 0.720. The molecule has 0 aliphatic rings. The second-order valence-corrected chi connectivity index (χ2v) is 5.20. The van der Waals surface area contributed by atoms with Gasteiger partial charge in [-0.05, 0) is 37.9 Å². The minimum Gasteiger partial charge on any atom is -0.478 e. The highest BCUT2D eigenvalue weighted by atomic mass is 79.9. The number of hydrogen-bond donors (Lipinski definition) is 1. The van der Waals surface area contributed by atoms with Crippen molar-refractivity contribution in [1.82, 2.24) is 4.98 Å². The van der Waals surface area contributed by atoms with Gasteiger partial charge in [0.2, 0.25) is 0 Å². The predicted molar refractivity (Wildman–Crippen MR) is 69.1 cm³/mol. The van der Waals surface area contributed by atoms with E-state index in [0.29, 0.717) is 4.47 Å². The second-order valence-electron chi connectivity index (χ2n) is 3.59. The van der Waals surface area contributed by atoms with Crippen LogP contribution in [-0.2, 0) is 6.18 Å². The molecule has 0 fully saturated rings. The Balaban J connectivity index is 3.05. The summed E-state index contributed by atoms with van der Waals surface area (Å²) in [6, 6.07) is 4.11. The first-order valence-corrected chi connectivity index (χ1v) is 6.40. The first kappa shape index (κ1) is 14.3. The number of halogens is 5. The van der Waals surface area contributed by atoms with Gasteiger partial charge in [0.15, 0.2) is 0 Å². The lowest BCUT2D eigenvalue weighted by Gasteiger charge is -2.15. The Labute approximate surface area is 121 Å². The van der Waals surface area contributed by atoms with Crippen LogP contribution in [0.1, 0.15) is 15.9 Å². The molecule has 0 atom stereocenters. The summed E-state index contributed by atoms with van der Waals surface area (Å²) in [5.74, 6) is -1.69. The third kappa shape index (κ3) is 2.46. The number of aromatic nitrogens is 1. The molecule has 0 spiro atoms. The van der Waals surface area contributed by atoms with Crippen molar-refractivity contribution in [2.75, 3.05) is 0 Å². The van der Waals surface area contributed by atoms with Crippen LogP contribution in [0.25, 0.3) is 10.9 Å². The number of rotatable bonds is 1. The van der Waals surface area contributed by atoms with Crippen LogP contribution in [-0.4, -0.2) is 16.1 Å². The normalized spacial score (nSPS) is 11.8. The molecule has 2 aromatic rings. The van der Waals surface area contributed by atoms with Gasteiger partial charge in [0.1, 0.15) is 10.2 Å². The van der Waals surface area contributed by atoms with Gasteiger partial charge in [0, 0.05) is 9.86 Å². The van der Waals surface area contributed by atoms with Crippen LogP contribution in [0.3, 0.4) is 0 Å². The van der Waals surface area contributed by atoms with Gasteiger partial charge in [0.05, 0.1) is 11.1 Å². The fraction of sp³-hybridized carbons (Fsp3) is 0.0909. The van der Waals surface area contributed by atoms with Gasteiger partial charge in [-0.1, -0.05) is 12.1 Å². The van der Waals surface area contributed by atoms with E-state index in [1.807, 2.05) is 0 Å². The summed E-state index contributed by atoms with van der Waals surface area (Å²) in [5, 5.41) is 8.70. The lowest BCUT2D eigenvalue weighted by molar-refractivity contribution is -0.136. The molecule has 19 heavy (non-hydrogen) atoms. The molecule has 1 heterocycles. The topological polar surface area (TPSA) is 50.2 Å². The van der Waals surface area contributed by atoms with Crippen LogP contribution in [0.5, 0.6) is 0 Å². The smallest absolute Gasteiger partial charge is 0.418 e. The molecule has 1 aromatic carbocycles. The number of hydrogen-bond acceptors (Lipinski definition) is 2. The SMILES string of the molecule is O=C(O)c1c(Br)nc2c(Br)cccc2c1C(F)(F)F. The van der Waals surface area contributed by atoms with Gasteiger partial charge < -0.3 is 5.11 Å². The number of nitrogens with zero attached hydrogens (tertiary/aromatic N) is 1. The second kappa shape index (κ2) is 4.75. The van der Waals surface area contributed by atoms with Gasteiger partial charge >= 0.3 is 12.1 Å². The van der Waals surface area contributed by atoms with E-state index in [4.69, 9.17) is 5.11 Å². The molecule has 0 amide bonds. The fourth-order valence-corrected chi connectivity index (χ4v) is 2.71. The van der Waals surface area contributed by atoms with Crippen LogP contribution < -0.4 is 0 Å². The number of para-hydroxylation sites is 1. The standard InChI is InChI=1S/C11H4Br2F3NO2/c12-5-3-1-2-4-7(11(14,15)16)6(10(18)19)9(13)17-8(4)5/h1-3H,(H,18,19). The molecule has 8 heteroatoms. The average Bonchev–Trinajstić information content (AvgIpc) is 2.27. The van der Waals surface area contributed by atoms with E-state index >= 15 is 0 Å². The maximum atomic E-state index is 13.1. The largest absolute Gasteiger partial charge is 0.478 e. The minimum atomic E-state index is -4.79. The van der Waals surface area contributed by atoms with Gasteiger partial charge in [-0.15, -0.1) is 0 Å². The molecule has 0 saturated carbocycles. The van der Waals surface area contributed by atoms with Crippen molar-refractivity contribution >= 4 is 48.7 Å². The van der Waals surface area contributed by atoms with Crippen LogP contribution in [0, 0.1) is 0 Å². The number of pyridine rings is 1. The van der Waals surface area contributed by atoms with E-state index in [9.17, 15) is 18.0 Å². The van der Waals surface area contributed by atoms with E-state index in [0.717, 1.165) is 0 Å². The molecule has 3 nitrogen and oxygen atoms in total. The summed E-state index contributed by atoms with van der Waals surface area (Å²) in [4.78, 5) is 14.9. The number of benzene rings is 1. The summed E-state index contributed by atoms with van der Waals surface area (Å²) < 4.78 is 39.4. The van der Waals surface area contributed by atoms with Crippen molar-refractivity contribution in [2.45, 2.75) is 6.18 Å². The number of carboxylic acid groups (broad SMARTS) is 1. The molecule has 2 rings (SSSR count). The third-order valence-corrected chi connectivity index (χ3v) is 3.63. The highest BCUT2D eigenvalue weighted by Crippen LogP contribution is 2.40. The van der Waals surface area contributed by atoms with E-state index < -0.39 is 23.3 Å². The number of carboxylic acids is 1. The molecule has 1 aromatic heterocycles. The number of aromatic carboxylic acids is 1. The van der Waals surface area contributed by atoms with Crippen LogP contribution >= 0.6 is 31.9 Å². The highest BCUT2D eigenvalue weighted by molar-refractivity contribution is 9.11. The Hall–Kier alpha value is -1.15. The number of fused-ring (bicyclic) bond motifs is 1. The van der Waals surface area contributed by atoms with Crippen LogP contribution in [0.2, 0.25) is 0 Å². The summed E-state index contributed by atoms with van der Waals surface area (Å²) in [5.41, 5.74) is -2.05. The molecule has 0 aliphatic carbocycles. The van der Waals surface area contributed by atoms with Crippen molar-refractivity contribution < 1.29 is 23.1 Å². The van der Waals surface area contributed by atoms with Crippen molar-refractivity contribution in [2.24, 2.45) is 0 Å². The van der Waals surface area contributed by atoms with Crippen molar-refractivity contribution in [3.63, 3.8) is 0 Å². The molecule has 100 valence electrons. The first-order valence-electron chi connectivity index (χ1n) is 4.81. The van der Waals surface area contributed by atoms with E-state index in [2.05, 4.69) is 36.8 Å². The van der Waals surface area contributed by atoms with E-state index in [1.165, 1.54) is 18.2 Å². The molecular formula is C11H4Br2F3NO2. The zero-order valence-corrected chi connectivity index (χ0v) is 12.1. The molecule has 0 aliphatic heterocycles. The lowest BCUT2D eigenvalue weighted by Crippen LogP contribution is -2.15. The molecule has 0 bridgehead atoms. The lowest BCUT2D eigenvalue weighted by atomic mass is 10.0. The van der Waals surface area contributed by atoms with Crippen molar-refractivity contribution in [3.05, 3.63) is 38.4 Å². The summed E-state index contributed by atoms with van der Waals surface area (Å²) >= 11 is 5.88. The average molecular weight is 399 g/mol. The highest BCUT2D eigenvalue weighted by Gasteiger charge is 2.39. The van der Waals surface area contributed by atoms with Crippen LogP contribution in [0.15, 0.2) is 27.3 Å². The van der Waals surface area contributed by atoms with Gasteiger partial charge in [-0.2, -0.15) is 13.2 Å². The van der Waals surface area contributed by atoms with Crippen molar-refractivity contribution in [3.8, 4) is 0 Å². The van der Waals surface area contributed by atoms with E-state index in [-0.39, 0.29) is 15.5 Å². The van der Waals surface area contributed by atoms with Gasteiger partial charge in [0.25, 0.3) is 0 Å². The zero-order valence-electron chi connectivity index (χ0n) is 8.92. The third-order valence-electron chi connectivity index (χ3n) is 2.42. The summed E-state index contributed by atoms with van der Waals surface area (Å²) in [6.07, 6.45) is -4.79. The predicted octanol–water partition coefficient (Wildman–Crippen LogP) is 4.48. The Bertz CT molecular complexity index is 686. The van der Waals surface area contributed by atoms with Crippen LogP contribution in [0.4, 0.5) is 13.2 Å². The molecule has 0 radical (unpaired) electrons. The van der Waals surface area contributed by atoms with Crippen molar-refractivity contribution in [1.29, 1.82) is 0 Å². The number of alkyl halides is 3. The summed E-state index contributed by atoms with van der Waals surface area (Å²) in [6.45, 7) is 0. The Morgan fingerprint density at radius 1 is 1.26 bits per heavy atom. The first-order chi connectivity index (χ1) is 8.73. The molecule has 0 unspecified atom stereocenters. The van der Waals surface area contributed by atoms with Gasteiger partial charge in [-0.3, -0.25) is 0 Å². The van der Waals surface area contributed by atoms with Gasteiger partial charge in [-0.25, -0.2) is 9.78 Å². The molecule has 1 N–H and O–H groups in total. The minimum absolute atomic E-state index is 0.0479. The summed E-state index contributed by atoms with van der Waals surface area (Å²) in [7, 11) is 0. The Morgan fingerprint density at radius 3 is 2.42 bits per heavy atom. The maximum Gasteiger partial charge on any atom is 0.418 e. The maximum absolute atomic E-state index is 13.1. The molecule has 0 saturated heterocycles. The fourth-order valence-electron chi connectivity index (χ4n) is 1.71. The van der Waals surface area contributed by atoms with E-state index in [1.54, 1.807) is 0 Å². The number of carbonyl (C=O) groups is 1. The molecular weight excluding hydrogens is 395 g/mol. The monoisotopic (exact) mass is 397 g/mol.